The fourth-order valence-electron chi connectivity index (χ4n) is 0.972. The Morgan fingerprint density at radius 1 is 1.64 bits per heavy atom. The van der Waals surface area contributed by atoms with E-state index in [-0.39, 0.29) is 10.9 Å². The van der Waals surface area contributed by atoms with Crippen LogP contribution >= 0.6 is 15.9 Å². The van der Waals surface area contributed by atoms with Crippen molar-refractivity contribution in [3.8, 4) is 11.8 Å². The first-order valence-electron chi connectivity index (χ1n) is 3.59. The van der Waals surface area contributed by atoms with Gasteiger partial charge >= 0.3 is 5.69 Å². The van der Waals surface area contributed by atoms with Crippen LogP contribution in [-0.2, 0) is 6.42 Å². The summed E-state index contributed by atoms with van der Waals surface area (Å²) < 4.78 is 0.219. The Labute approximate surface area is 87.9 Å². The summed E-state index contributed by atoms with van der Waals surface area (Å²) in [5, 5.41) is 28.2. The minimum Gasteiger partial charge on any atom is -0.501 e. The van der Waals surface area contributed by atoms with Crippen molar-refractivity contribution >= 4 is 21.6 Å². The minimum absolute atomic E-state index is 0.0692. The molecule has 0 saturated heterocycles. The lowest BCUT2D eigenvalue weighted by atomic mass is 10.1. The SMILES string of the molecule is N#CCc1cc(Br)c(O)c([N+](=O)[O-])c1. The molecule has 0 atom stereocenters. The lowest BCUT2D eigenvalue weighted by molar-refractivity contribution is -0.386. The van der Waals surface area contributed by atoms with Gasteiger partial charge in [0.1, 0.15) is 0 Å². The van der Waals surface area contributed by atoms with E-state index in [1.165, 1.54) is 12.1 Å². The Balaban J connectivity index is 3.29. The van der Waals surface area contributed by atoms with Crippen molar-refractivity contribution in [2.75, 3.05) is 0 Å². The normalized spacial score (nSPS) is 9.43. The number of nitrogens with zero attached hydrogens (tertiary/aromatic N) is 2. The second-order valence-corrected chi connectivity index (χ2v) is 3.39. The second kappa shape index (κ2) is 4.07. The average Bonchev–Trinajstić information content (AvgIpc) is 2.11. The van der Waals surface area contributed by atoms with Crippen LogP contribution in [0.15, 0.2) is 16.6 Å². The summed E-state index contributed by atoms with van der Waals surface area (Å²) in [5.74, 6) is -0.420. The fraction of sp³-hybridized carbons (Fsp3) is 0.125. The first kappa shape index (κ1) is 10.5. The molecule has 72 valence electrons. The van der Waals surface area contributed by atoms with Gasteiger partial charge in [-0.25, -0.2) is 0 Å². The molecule has 0 aliphatic rings. The van der Waals surface area contributed by atoms with Crippen LogP contribution in [-0.4, -0.2) is 10.0 Å². The number of aromatic hydroxyl groups is 1. The van der Waals surface area contributed by atoms with Crippen LogP contribution < -0.4 is 0 Å². The number of nitriles is 1. The monoisotopic (exact) mass is 256 g/mol. The summed E-state index contributed by atoms with van der Waals surface area (Å²) >= 11 is 2.97. The van der Waals surface area contributed by atoms with E-state index >= 15 is 0 Å². The number of phenolic OH excluding ortho intramolecular Hbond substituents is 1. The van der Waals surface area contributed by atoms with Gasteiger partial charge < -0.3 is 5.11 Å². The molecule has 5 nitrogen and oxygen atoms in total. The van der Waals surface area contributed by atoms with Gasteiger partial charge in [-0.3, -0.25) is 10.1 Å². The number of benzene rings is 1. The van der Waals surface area contributed by atoms with Crippen molar-refractivity contribution in [2.45, 2.75) is 6.42 Å². The van der Waals surface area contributed by atoms with E-state index in [0.29, 0.717) is 5.56 Å². The minimum atomic E-state index is -0.693. The van der Waals surface area contributed by atoms with E-state index in [1.54, 1.807) is 0 Å². The van der Waals surface area contributed by atoms with Crippen molar-refractivity contribution in [3.05, 3.63) is 32.3 Å². The summed E-state index contributed by atoms with van der Waals surface area (Å²) in [6.07, 6.45) is 0.0692. The van der Waals surface area contributed by atoms with Gasteiger partial charge in [-0.2, -0.15) is 5.26 Å². The van der Waals surface area contributed by atoms with E-state index < -0.39 is 16.4 Å². The largest absolute Gasteiger partial charge is 0.501 e. The molecule has 0 unspecified atom stereocenters. The van der Waals surface area contributed by atoms with Crippen LogP contribution in [0.3, 0.4) is 0 Å². The third-order valence-electron chi connectivity index (χ3n) is 1.58. The van der Waals surface area contributed by atoms with Crippen LogP contribution in [0.1, 0.15) is 5.56 Å². The summed E-state index contributed by atoms with van der Waals surface area (Å²) in [4.78, 5) is 9.78. The maximum atomic E-state index is 10.5. The summed E-state index contributed by atoms with van der Waals surface area (Å²) in [6.45, 7) is 0. The van der Waals surface area contributed by atoms with Crippen LogP contribution in [0.25, 0.3) is 0 Å². The van der Waals surface area contributed by atoms with Gasteiger partial charge in [-0.15, -0.1) is 0 Å². The molecule has 0 amide bonds. The molecule has 0 bridgehead atoms. The van der Waals surface area contributed by atoms with Crippen molar-refractivity contribution in [1.29, 1.82) is 5.26 Å². The van der Waals surface area contributed by atoms with E-state index in [9.17, 15) is 15.2 Å². The van der Waals surface area contributed by atoms with Crippen LogP contribution in [0.4, 0.5) is 5.69 Å². The Morgan fingerprint density at radius 2 is 2.29 bits per heavy atom. The van der Waals surface area contributed by atoms with Crippen molar-refractivity contribution in [3.63, 3.8) is 0 Å². The van der Waals surface area contributed by atoms with Gasteiger partial charge in [0.2, 0.25) is 5.75 Å². The van der Waals surface area contributed by atoms with E-state index in [4.69, 9.17) is 5.26 Å². The van der Waals surface area contributed by atoms with Gasteiger partial charge in [0.05, 0.1) is 21.9 Å². The number of hydrogen-bond donors (Lipinski definition) is 1. The summed E-state index contributed by atoms with van der Waals surface area (Å²) in [6, 6.07) is 4.53. The molecule has 0 aromatic heterocycles. The number of hydrogen-bond acceptors (Lipinski definition) is 4. The average molecular weight is 257 g/mol. The Hall–Kier alpha value is -1.61. The maximum Gasteiger partial charge on any atom is 0.312 e. The van der Waals surface area contributed by atoms with Gasteiger partial charge in [-0.05, 0) is 27.6 Å². The number of nitro benzene ring substituents is 1. The molecule has 0 fully saturated rings. The second-order valence-electron chi connectivity index (χ2n) is 2.54. The first-order valence-corrected chi connectivity index (χ1v) is 4.38. The van der Waals surface area contributed by atoms with Crippen molar-refractivity contribution in [1.82, 2.24) is 0 Å². The predicted molar refractivity (Wildman–Crippen MR) is 51.8 cm³/mol. The van der Waals surface area contributed by atoms with Crippen molar-refractivity contribution in [2.24, 2.45) is 0 Å². The third kappa shape index (κ3) is 2.00. The number of halogens is 1. The highest BCUT2D eigenvalue weighted by Crippen LogP contribution is 2.34. The predicted octanol–water partition coefficient (Wildman–Crippen LogP) is 2.13. The molecule has 0 spiro atoms. The Kier molecular flexibility index (Phi) is 3.04. The highest BCUT2D eigenvalue weighted by atomic mass is 79.9. The zero-order valence-corrected chi connectivity index (χ0v) is 8.48. The van der Waals surface area contributed by atoms with Gasteiger partial charge in [0.15, 0.2) is 0 Å². The molecule has 1 rings (SSSR count). The highest BCUT2D eigenvalue weighted by molar-refractivity contribution is 9.10. The smallest absolute Gasteiger partial charge is 0.312 e. The number of nitro groups is 1. The van der Waals surface area contributed by atoms with E-state index in [1.807, 2.05) is 6.07 Å². The standard InChI is InChI=1S/C8H5BrN2O3/c9-6-3-5(1-2-10)4-7(8(6)12)11(13)14/h3-4,12H,1H2. The first-order chi connectivity index (χ1) is 6.56. The topological polar surface area (TPSA) is 87.2 Å². The lowest BCUT2D eigenvalue weighted by Crippen LogP contribution is -1.92. The molecule has 0 aliphatic heterocycles. The maximum absolute atomic E-state index is 10.5. The molecular formula is C8H5BrN2O3. The van der Waals surface area contributed by atoms with Gasteiger partial charge in [-0.1, -0.05) is 0 Å². The molecule has 0 radical (unpaired) electrons. The number of phenols is 1. The Bertz CT molecular complexity index is 425. The number of rotatable bonds is 2. The quantitative estimate of drug-likeness (QED) is 0.649. The lowest BCUT2D eigenvalue weighted by Gasteiger charge is -2.01. The Morgan fingerprint density at radius 3 is 2.79 bits per heavy atom. The molecule has 6 heteroatoms. The van der Waals surface area contributed by atoms with Gasteiger partial charge in [0.25, 0.3) is 0 Å². The zero-order valence-electron chi connectivity index (χ0n) is 6.90. The highest BCUT2D eigenvalue weighted by Gasteiger charge is 2.17. The van der Waals surface area contributed by atoms with Crippen molar-refractivity contribution < 1.29 is 10.0 Å². The molecule has 14 heavy (non-hydrogen) atoms. The molecule has 1 aromatic rings. The molecule has 1 aromatic carbocycles. The molecule has 1 N–H and O–H groups in total. The molecule has 0 saturated carbocycles. The zero-order chi connectivity index (χ0) is 10.7. The van der Waals surface area contributed by atoms with Gasteiger partial charge in [0, 0.05) is 6.07 Å². The molecular weight excluding hydrogens is 252 g/mol. The van der Waals surface area contributed by atoms with Crippen LogP contribution in [0, 0.1) is 21.4 Å². The molecule has 0 heterocycles. The fourth-order valence-corrected chi connectivity index (χ4v) is 1.47. The summed E-state index contributed by atoms with van der Waals surface area (Å²) in [5.41, 5.74) is 0.0912. The van der Waals surface area contributed by atoms with Crippen LogP contribution in [0.2, 0.25) is 0 Å². The summed E-state index contributed by atoms with van der Waals surface area (Å²) in [7, 11) is 0. The van der Waals surface area contributed by atoms with Crippen LogP contribution in [0.5, 0.6) is 5.75 Å². The van der Waals surface area contributed by atoms with E-state index in [2.05, 4.69) is 15.9 Å². The van der Waals surface area contributed by atoms with E-state index in [0.717, 1.165) is 0 Å². The third-order valence-corrected chi connectivity index (χ3v) is 2.19. The molecule has 0 aliphatic carbocycles.